The van der Waals surface area contributed by atoms with Crippen LogP contribution in [0.5, 0.6) is 0 Å². The van der Waals surface area contributed by atoms with Gasteiger partial charge < -0.3 is 27.8 Å². The normalized spacial score (nSPS) is 12.7. The fraction of sp³-hybridized carbons (Fsp3) is 0.364. The molecule has 0 aliphatic rings. The minimum absolute atomic E-state index is 0.200. The standard InChI is InChI=1S/C22H29N5O4S/c23-10-4-3-7-17(27-22(31)32-13-19(24)28)21(30)26-18(20(25)29)12-14-8-9-15-5-1-2-6-16(15)11-14/h1-2,5-6,8-9,11,17-18H,3-4,7,10,12-13,23H2,(H2,24,28)(H2,25,29)(H,26,30)(H,27,31)/t17-,18+/m0/s1. The predicted molar refractivity (Wildman–Crippen MR) is 126 cm³/mol. The van der Waals surface area contributed by atoms with Gasteiger partial charge >= 0.3 is 0 Å². The monoisotopic (exact) mass is 459 g/mol. The van der Waals surface area contributed by atoms with Crippen LogP contribution in [0.2, 0.25) is 0 Å². The van der Waals surface area contributed by atoms with E-state index >= 15 is 0 Å². The Hall–Kier alpha value is -3.11. The molecule has 2 aromatic carbocycles. The Balaban J connectivity index is 2.08. The van der Waals surface area contributed by atoms with E-state index in [1.54, 1.807) is 0 Å². The zero-order chi connectivity index (χ0) is 23.5. The molecule has 9 nitrogen and oxygen atoms in total. The number of thioether (sulfide) groups is 1. The number of carbonyl (C=O) groups excluding carboxylic acids is 4. The van der Waals surface area contributed by atoms with Gasteiger partial charge in [-0.05, 0) is 42.1 Å². The molecule has 2 aromatic rings. The molecule has 0 aliphatic heterocycles. The molecule has 0 heterocycles. The van der Waals surface area contributed by atoms with Gasteiger partial charge in [0.15, 0.2) is 0 Å². The van der Waals surface area contributed by atoms with Crippen molar-refractivity contribution in [2.24, 2.45) is 17.2 Å². The van der Waals surface area contributed by atoms with Crippen LogP contribution in [0.1, 0.15) is 24.8 Å². The fourth-order valence-electron chi connectivity index (χ4n) is 3.18. The second kappa shape index (κ2) is 12.7. The Labute approximate surface area is 190 Å². The summed E-state index contributed by atoms with van der Waals surface area (Å²) < 4.78 is 0. The second-order valence-corrected chi connectivity index (χ2v) is 8.32. The van der Waals surface area contributed by atoms with Gasteiger partial charge in [0.25, 0.3) is 5.24 Å². The molecule has 172 valence electrons. The first-order valence-corrected chi connectivity index (χ1v) is 11.3. The van der Waals surface area contributed by atoms with Crippen LogP contribution >= 0.6 is 11.8 Å². The van der Waals surface area contributed by atoms with E-state index in [1.165, 1.54) is 0 Å². The number of carbonyl (C=O) groups is 4. The predicted octanol–water partition coefficient (Wildman–Crippen LogP) is 0.778. The maximum absolute atomic E-state index is 12.9. The van der Waals surface area contributed by atoms with Crippen LogP contribution in [0.15, 0.2) is 42.5 Å². The molecule has 0 aromatic heterocycles. The van der Waals surface area contributed by atoms with Crippen LogP contribution in [-0.2, 0) is 20.8 Å². The number of nitrogens with two attached hydrogens (primary N) is 3. The highest BCUT2D eigenvalue weighted by molar-refractivity contribution is 8.14. The SMILES string of the molecule is NCCCC[C@H](NC(=O)SCC(N)=O)C(=O)N[C@H](Cc1ccc2ccccc2c1)C(N)=O. The summed E-state index contributed by atoms with van der Waals surface area (Å²) in [7, 11) is 0. The van der Waals surface area contributed by atoms with E-state index in [-0.39, 0.29) is 12.2 Å². The van der Waals surface area contributed by atoms with Crippen LogP contribution in [0, 0.1) is 0 Å². The second-order valence-electron chi connectivity index (χ2n) is 7.37. The maximum Gasteiger partial charge on any atom is 0.280 e. The molecule has 0 radical (unpaired) electrons. The van der Waals surface area contributed by atoms with Crippen molar-refractivity contribution in [3.05, 3.63) is 48.0 Å². The summed E-state index contributed by atoms with van der Waals surface area (Å²) in [6, 6.07) is 11.7. The molecule has 2 rings (SSSR count). The quantitative estimate of drug-likeness (QED) is 0.294. The highest BCUT2D eigenvalue weighted by atomic mass is 32.2. The summed E-state index contributed by atoms with van der Waals surface area (Å²) >= 11 is 0.677. The molecule has 0 saturated heterocycles. The average molecular weight is 460 g/mol. The Morgan fingerprint density at radius 3 is 2.28 bits per heavy atom. The van der Waals surface area contributed by atoms with Crippen LogP contribution in [0.4, 0.5) is 4.79 Å². The number of benzene rings is 2. The molecular formula is C22H29N5O4S. The van der Waals surface area contributed by atoms with Gasteiger partial charge in [0.05, 0.1) is 5.75 Å². The third-order valence-corrected chi connectivity index (χ3v) is 5.62. The van der Waals surface area contributed by atoms with Gasteiger partial charge in [-0.25, -0.2) is 0 Å². The van der Waals surface area contributed by atoms with Gasteiger partial charge in [0, 0.05) is 6.42 Å². The first-order valence-electron chi connectivity index (χ1n) is 10.3. The molecule has 0 saturated carbocycles. The van der Waals surface area contributed by atoms with E-state index < -0.39 is 35.0 Å². The van der Waals surface area contributed by atoms with E-state index in [1.807, 2.05) is 42.5 Å². The number of nitrogens with one attached hydrogen (secondary N) is 2. The van der Waals surface area contributed by atoms with E-state index in [9.17, 15) is 19.2 Å². The molecule has 2 atom stereocenters. The van der Waals surface area contributed by atoms with Gasteiger partial charge in [-0.2, -0.15) is 0 Å². The van der Waals surface area contributed by atoms with E-state index in [0.29, 0.717) is 37.6 Å². The van der Waals surface area contributed by atoms with Crippen LogP contribution in [-0.4, -0.2) is 47.3 Å². The zero-order valence-electron chi connectivity index (χ0n) is 17.7. The van der Waals surface area contributed by atoms with Crippen molar-refractivity contribution >= 4 is 45.5 Å². The third kappa shape index (κ3) is 8.20. The fourth-order valence-corrected chi connectivity index (χ4v) is 3.68. The maximum atomic E-state index is 12.9. The Bertz CT molecular complexity index is 968. The van der Waals surface area contributed by atoms with E-state index in [0.717, 1.165) is 16.3 Å². The lowest BCUT2D eigenvalue weighted by Crippen LogP contribution is -2.53. The van der Waals surface area contributed by atoms with Crippen LogP contribution in [0.3, 0.4) is 0 Å². The van der Waals surface area contributed by atoms with Gasteiger partial charge in [-0.1, -0.05) is 54.2 Å². The first-order chi connectivity index (χ1) is 15.3. The Morgan fingerprint density at radius 1 is 0.906 bits per heavy atom. The van der Waals surface area contributed by atoms with Crippen LogP contribution < -0.4 is 27.8 Å². The summed E-state index contributed by atoms with van der Waals surface area (Å²) in [5.74, 6) is -2.05. The molecule has 0 aliphatic carbocycles. The molecule has 10 heteroatoms. The van der Waals surface area contributed by atoms with Crippen molar-refractivity contribution in [2.45, 2.75) is 37.8 Å². The molecule has 0 bridgehead atoms. The summed E-state index contributed by atoms with van der Waals surface area (Å²) in [6.45, 7) is 0.449. The van der Waals surface area contributed by atoms with E-state index in [4.69, 9.17) is 17.2 Å². The van der Waals surface area contributed by atoms with Crippen molar-refractivity contribution in [3.63, 3.8) is 0 Å². The summed E-state index contributed by atoms with van der Waals surface area (Å²) in [6.07, 6.45) is 1.81. The summed E-state index contributed by atoms with van der Waals surface area (Å²) in [5, 5.41) is 6.74. The molecular weight excluding hydrogens is 430 g/mol. The number of hydrogen-bond donors (Lipinski definition) is 5. The number of primary amides is 2. The topological polar surface area (TPSA) is 170 Å². The summed E-state index contributed by atoms with van der Waals surface area (Å²) in [4.78, 5) is 47.9. The number of rotatable bonds is 12. The zero-order valence-corrected chi connectivity index (χ0v) is 18.5. The lowest BCUT2D eigenvalue weighted by Gasteiger charge is -2.22. The van der Waals surface area contributed by atoms with Crippen molar-refractivity contribution in [1.82, 2.24) is 10.6 Å². The molecule has 0 spiro atoms. The van der Waals surface area contributed by atoms with Gasteiger partial charge in [-0.3, -0.25) is 19.2 Å². The number of fused-ring (bicyclic) bond motifs is 1. The Kier molecular flexibility index (Phi) is 9.96. The third-order valence-electron chi connectivity index (χ3n) is 4.81. The largest absolute Gasteiger partial charge is 0.369 e. The average Bonchev–Trinajstić information content (AvgIpc) is 2.76. The summed E-state index contributed by atoms with van der Waals surface area (Å²) in [5.41, 5.74) is 16.9. The molecule has 0 fully saturated rings. The van der Waals surface area contributed by atoms with Crippen molar-refractivity contribution in [2.75, 3.05) is 12.3 Å². The van der Waals surface area contributed by atoms with Gasteiger partial charge in [-0.15, -0.1) is 0 Å². The molecule has 4 amide bonds. The van der Waals surface area contributed by atoms with Crippen molar-refractivity contribution in [1.29, 1.82) is 0 Å². The number of hydrogen-bond acceptors (Lipinski definition) is 6. The smallest absolute Gasteiger partial charge is 0.280 e. The van der Waals surface area contributed by atoms with Gasteiger partial charge in [0.2, 0.25) is 17.7 Å². The molecule has 0 unspecified atom stereocenters. The minimum Gasteiger partial charge on any atom is -0.369 e. The van der Waals surface area contributed by atoms with Crippen molar-refractivity contribution < 1.29 is 19.2 Å². The number of unbranched alkanes of at least 4 members (excludes halogenated alkanes) is 1. The van der Waals surface area contributed by atoms with Crippen molar-refractivity contribution in [3.8, 4) is 0 Å². The minimum atomic E-state index is -0.948. The lowest BCUT2D eigenvalue weighted by molar-refractivity contribution is -0.128. The van der Waals surface area contributed by atoms with Gasteiger partial charge in [0.1, 0.15) is 12.1 Å². The molecule has 32 heavy (non-hydrogen) atoms. The molecule has 8 N–H and O–H groups in total. The highest BCUT2D eigenvalue weighted by Crippen LogP contribution is 2.17. The lowest BCUT2D eigenvalue weighted by atomic mass is 10.0. The first kappa shape index (κ1) is 25.2. The number of amides is 4. The van der Waals surface area contributed by atoms with E-state index in [2.05, 4.69) is 10.6 Å². The Morgan fingerprint density at radius 2 is 1.62 bits per heavy atom. The highest BCUT2D eigenvalue weighted by Gasteiger charge is 2.26. The van der Waals surface area contributed by atoms with Crippen LogP contribution in [0.25, 0.3) is 10.8 Å².